The van der Waals surface area contributed by atoms with Crippen molar-refractivity contribution in [3.8, 4) is 0 Å². The summed E-state index contributed by atoms with van der Waals surface area (Å²) in [5.74, 6) is -1.16. The van der Waals surface area contributed by atoms with E-state index in [1.807, 2.05) is 4.72 Å². The van der Waals surface area contributed by atoms with E-state index in [2.05, 4.69) is 0 Å². The highest BCUT2D eigenvalue weighted by Crippen LogP contribution is 2.21. The normalized spacial score (nSPS) is 14.8. The van der Waals surface area contributed by atoms with Gasteiger partial charge in [-0.1, -0.05) is 0 Å². The molecule has 1 unspecified atom stereocenters. The van der Waals surface area contributed by atoms with Gasteiger partial charge in [0.1, 0.15) is 10.7 Å². The molecule has 1 aromatic rings. The smallest absolute Gasteiger partial charge is 0.270 e. The summed E-state index contributed by atoms with van der Waals surface area (Å²) in [5, 5.41) is 28.8. The number of nitro benzene ring substituents is 1. The SMILES string of the molecule is CC(O)(CO)CNS(=O)(=O)c1cc([N+](=O)[O-])ccc1F. The van der Waals surface area contributed by atoms with Crippen molar-refractivity contribution in [1.29, 1.82) is 0 Å². The molecule has 1 atom stereocenters. The molecule has 0 aliphatic heterocycles. The Labute approximate surface area is 114 Å². The maximum absolute atomic E-state index is 13.5. The van der Waals surface area contributed by atoms with Crippen molar-refractivity contribution in [2.75, 3.05) is 13.2 Å². The van der Waals surface area contributed by atoms with Crippen molar-refractivity contribution in [1.82, 2.24) is 4.72 Å². The Kier molecular flexibility index (Phi) is 4.76. The predicted octanol–water partition coefficient (Wildman–Crippen LogP) is -0.244. The minimum atomic E-state index is -4.39. The molecule has 0 aliphatic carbocycles. The summed E-state index contributed by atoms with van der Waals surface area (Å²) < 4.78 is 39.0. The summed E-state index contributed by atoms with van der Waals surface area (Å²) in [7, 11) is -4.39. The van der Waals surface area contributed by atoms with E-state index in [4.69, 9.17) is 5.11 Å². The van der Waals surface area contributed by atoms with Crippen LogP contribution in [-0.4, -0.2) is 42.3 Å². The summed E-state index contributed by atoms with van der Waals surface area (Å²) in [6.45, 7) is -0.125. The molecule has 0 aromatic heterocycles. The maximum atomic E-state index is 13.5. The minimum Gasteiger partial charge on any atom is -0.393 e. The molecule has 10 heteroatoms. The first-order chi connectivity index (χ1) is 9.09. The lowest BCUT2D eigenvalue weighted by Crippen LogP contribution is -2.43. The van der Waals surface area contributed by atoms with E-state index in [-0.39, 0.29) is 0 Å². The van der Waals surface area contributed by atoms with Crippen LogP contribution in [0.15, 0.2) is 23.1 Å². The lowest BCUT2D eigenvalue weighted by Gasteiger charge is -2.20. The molecule has 0 amide bonds. The van der Waals surface area contributed by atoms with E-state index >= 15 is 0 Å². The molecule has 0 fully saturated rings. The lowest BCUT2D eigenvalue weighted by molar-refractivity contribution is -0.385. The Hall–Kier alpha value is -1.62. The van der Waals surface area contributed by atoms with Crippen LogP contribution < -0.4 is 4.72 Å². The van der Waals surface area contributed by atoms with E-state index in [1.165, 1.54) is 6.92 Å². The standard InChI is InChI=1S/C10H13FN2O6S/c1-10(15,6-14)5-12-20(18,19)9-4-7(13(16)17)2-3-8(9)11/h2-4,12,14-15H,5-6H2,1H3. The molecule has 0 heterocycles. The van der Waals surface area contributed by atoms with E-state index in [0.29, 0.717) is 12.1 Å². The van der Waals surface area contributed by atoms with Gasteiger partial charge in [-0.25, -0.2) is 17.5 Å². The van der Waals surface area contributed by atoms with Crippen LogP contribution in [0, 0.1) is 15.9 Å². The largest absolute Gasteiger partial charge is 0.393 e. The fourth-order valence-corrected chi connectivity index (χ4v) is 2.45. The van der Waals surface area contributed by atoms with E-state index in [0.717, 1.165) is 6.07 Å². The van der Waals surface area contributed by atoms with Crippen molar-refractivity contribution in [2.24, 2.45) is 0 Å². The van der Waals surface area contributed by atoms with Crippen molar-refractivity contribution in [2.45, 2.75) is 17.4 Å². The van der Waals surface area contributed by atoms with Crippen LogP contribution in [0.4, 0.5) is 10.1 Å². The zero-order valence-corrected chi connectivity index (χ0v) is 11.2. The number of rotatable bonds is 6. The van der Waals surface area contributed by atoms with Gasteiger partial charge in [0, 0.05) is 18.7 Å². The third-order valence-corrected chi connectivity index (χ3v) is 3.82. The van der Waals surface area contributed by atoms with Crippen LogP contribution >= 0.6 is 0 Å². The van der Waals surface area contributed by atoms with Crippen LogP contribution in [0.1, 0.15) is 6.92 Å². The van der Waals surface area contributed by atoms with Gasteiger partial charge in [-0.15, -0.1) is 0 Å². The van der Waals surface area contributed by atoms with Gasteiger partial charge in [-0.05, 0) is 13.0 Å². The Morgan fingerprint density at radius 3 is 2.60 bits per heavy atom. The molecule has 0 saturated carbocycles. The molecule has 0 saturated heterocycles. The Balaban J connectivity index is 3.09. The fraction of sp³-hybridized carbons (Fsp3) is 0.400. The van der Waals surface area contributed by atoms with Gasteiger partial charge in [0.05, 0.1) is 17.1 Å². The van der Waals surface area contributed by atoms with Crippen molar-refractivity contribution < 1.29 is 27.9 Å². The second-order valence-corrected chi connectivity index (χ2v) is 6.09. The summed E-state index contributed by atoms with van der Waals surface area (Å²) in [5.41, 5.74) is -2.31. The molecule has 1 rings (SSSR count). The van der Waals surface area contributed by atoms with Gasteiger partial charge in [-0.3, -0.25) is 10.1 Å². The fourth-order valence-electron chi connectivity index (χ4n) is 1.20. The number of hydrogen-bond donors (Lipinski definition) is 3. The third-order valence-electron chi connectivity index (χ3n) is 2.40. The molecule has 8 nitrogen and oxygen atoms in total. The highest BCUT2D eigenvalue weighted by atomic mass is 32.2. The molecule has 0 spiro atoms. The first kappa shape index (κ1) is 16.4. The first-order valence-corrected chi connectivity index (χ1v) is 6.84. The Morgan fingerprint density at radius 2 is 2.10 bits per heavy atom. The molecule has 112 valence electrons. The number of sulfonamides is 1. The van der Waals surface area contributed by atoms with E-state index in [1.54, 1.807) is 0 Å². The number of nitro groups is 1. The zero-order valence-electron chi connectivity index (χ0n) is 10.4. The monoisotopic (exact) mass is 308 g/mol. The highest BCUT2D eigenvalue weighted by Gasteiger charge is 2.26. The van der Waals surface area contributed by atoms with Gasteiger partial charge >= 0.3 is 0 Å². The highest BCUT2D eigenvalue weighted by molar-refractivity contribution is 7.89. The molecule has 20 heavy (non-hydrogen) atoms. The summed E-state index contributed by atoms with van der Waals surface area (Å²) >= 11 is 0. The quantitative estimate of drug-likeness (QED) is 0.491. The molecule has 0 aliphatic rings. The topological polar surface area (TPSA) is 130 Å². The number of hydrogen-bond acceptors (Lipinski definition) is 6. The maximum Gasteiger partial charge on any atom is 0.270 e. The van der Waals surface area contributed by atoms with Crippen molar-refractivity contribution >= 4 is 15.7 Å². The molecule has 3 N–H and O–H groups in total. The van der Waals surface area contributed by atoms with Gasteiger partial charge in [0.2, 0.25) is 10.0 Å². The van der Waals surface area contributed by atoms with Crippen LogP contribution in [-0.2, 0) is 10.0 Å². The van der Waals surface area contributed by atoms with Crippen LogP contribution in [0.2, 0.25) is 0 Å². The summed E-state index contributed by atoms with van der Waals surface area (Å²) in [6, 6.07) is 2.07. The molecule has 0 bridgehead atoms. The van der Waals surface area contributed by atoms with Gasteiger partial charge in [0.25, 0.3) is 5.69 Å². The predicted molar refractivity (Wildman–Crippen MR) is 66.0 cm³/mol. The van der Waals surface area contributed by atoms with Crippen LogP contribution in [0.3, 0.4) is 0 Å². The average Bonchev–Trinajstić information content (AvgIpc) is 2.37. The number of aliphatic hydroxyl groups excluding tert-OH is 1. The number of benzene rings is 1. The first-order valence-electron chi connectivity index (χ1n) is 5.36. The molecule has 1 aromatic carbocycles. The Bertz CT molecular complexity index is 616. The van der Waals surface area contributed by atoms with Crippen LogP contribution in [0.25, 0.3) is 0 Å². The molecular weight excluding hydrogens is 295 g/mol. The Morgan fingerprint density at radius 1 is 1.50 bits per heavy atom. The van der Waals surface area contributed by atoms with Crippen molar-refractivity contribution in [3.63, 3.8) is 0 Å². The zero-order chi connectivity index (χ0) is 15.6. The number of aliphatic hydroxyl groups is 2. The second-order valence-electron chi connectivity index (χ2n) is 4.35. The lowest BCUT2D eigenvalue weighted by atomic mass is 10.1. The van der Waals surface area contributed by atoms with Gasteiger partial charge < -0.3 is 10.2 Å². The minimum absolute atomic E-state index is 0.575. The second kappa shape index (κ2) is 5.79. The van der Waals surface area contributed by atoms with Crippen molar-refractivity contribution in [3.05, 3.63) is 34.1 Å². The molecule has 0 radical (unpaired) electrons. The summed E-state index contributed by atoms with van der Waals surface area (Å²) in [4.78, 5) is 8.79. The van der Waals surface area contributed by atoms with Gasteiger partial charge in [0.15, 0.2) is 0 Å². The number of non-ortho nitro benzene ring substituents is 1. The number of halogens is 1. The van der Waals surface area contributed by atoms with E-state index in [9.17, 15) is 28.0 Å². The molecular formula is C10H13FN2O6S. The summed E-state index contributed by atoms with van der Waals surface area (Å²) in [6.07, 6.45) is 0. The third kappa shape index (κ3) is 3.93. The average molecular weight is 308 g/mol. The van der Waals surface area contributed by atoms with E-state index < -0.39 is 50.1 Å². The number of nitrogens with one attached hydrogen (secondary N) is 1. The van der Waals surface area contributed by atoms with Gasteiger partial charge in [-0.2, -0.15) is 0 Å². The number of nitrogens with zero attached hydrogens (tertiary/aromatic N) is 1. The van der Waals surface area contributed by atoms with Crippen LogP contribution in [0.5, 0.6) is 0 Å².